The maximum atomic E-state index is 6.44. The summed E-state index contributed by atoms with van der Waals surface area (Å²) in [6.45, 7) is 8.49. The quantitative estimate of drug-likeness (QED) is 0.417. The predicted octanol–water partition coefficient (Wildman–Crippen LogP) is 5.98. The molecular weight excluding hydrogens is 368 g/mol. The van der Waals surface area contributed by atoms with E-state index in [4.69, 9.17) is 21.3 Å². The van der Waals surface area contributed by atoms with Crippen molar-refractivity contribution in [2.24, 2.45) is 4.99 Å². The van der Waals surface area contributed by atoms with Crippen LogP contribution in [-0.2, 0) is 0 Å². The van der Waals surface area contributed by atoms with Crippen LogP contribution in [0.2, 0.25) is 5.02 Å². The number of unbranched alkanes of at least 4 members (excludes halogenated alkanes) is 1. The van der Waals surface area contributed by atoms with E-state index in [0.29, 0.717) is 5.02 Å². The lowest BCUT2D eigenvalue weighted by Crippen LogP contribution is -2.21. The molecule has 3 nitrogen and oxygen atoms in total. The van der Waals surface area contributed by atoms with Crippen molar-refractivity contribution in [3.63, 3.8) is 0 Å². The smallest absolute Gasteiger partial charge is 0.160 e. The molecule has 0 amide bonds. The van der Waals surface area contributed by atoms with Gasteiger partial charge in [0.2, 0.25) is 0 Å². The van der Waals surface area contributed by atoms with E-state index in [1.807, 2.05) is 18.2 Å². The van der Waals surface area contributed by atoms with Gasteiger partial charge in [0, 0.05) is 29.2 Å². The standard InChI is InChI=1S/C24H25ClN2O/c1-4-7-8-17-14-23-22(15-20(17)25)26-21-12-9-16-13-18(27(5-2)6-3)10-11-19(16)24(21)28-23/h8-15H,4-7H2,1-3H3/b17-8-. The Kier molecular flexibility index (Phi) is 5.27. The highest BCUT2D eigenvalue weighted by atomic mass is 35.5. The summed E-state index contributed by atoms with van der Waals surface area (Å²) in [5.41, 5.74) is 2.07. The third-order valence-corrected chi connectivity index (χ3v) is 5.57. The summed E-state index contributed by atoms with van der Waals surface area (Å²) in [5, 5.41) is 4.74. The van der Waals surface area contributed by atoms with Gasteiger partial charge in [-0.05, 0) is 67.3 Å². The van der Waals surface area contributed by atoms with Gasteiger partial charge in [0.05, 0.1) is 0 Å². The summed E-state index contributed by atoms with van der Waals surface area (Å²) in [5.74, 6) is 1.58. The van der Waals surface area contributed by atoms with E-state index in [1.54, 1.807) is 0 Å². The van der Waals surface area contributed by atoms with Gasteiger partial charge in [0.25, 0.3) is 0 Å². The first-order valence-corrected chi connectivity index (χ1v) is 10.4. The first-order chi connectivity index (χ1) is 13.6. The van der Waals surface area contributed by atoms with Crippen LogP contribution in [0.15, 0.2) is 47.5 Å². The largest absolute Gasteiger partial charge is 0.452 e. The van der Waals surface area contributed by atoms with E-state index in [9.17, 15) is 0 Å². The first-order valence-electron chi connectivity index (χ1n) is 10.0. The van der Waals surface area contributed by atoms with Crippen molar-refractivity contribution in [1.82, 2.24) is 0 Å². The highest BCUT2D eigenvalue weighted by Gasteiger charge is 2.17. The summed E-state index contributed by atoms with van der Waals surface area (Å²) in [7, 11) is 0. The average molecular weight is 393 g/mol. The van der Waals surface area contributed by atoms with E-state index in [-0.39, 0.29) is 0 Å². The van der Waals surface area contributed by atoms with Gasteiger partial charge >= 0.3 is 0 Å². The van der Waals surface area contributed by atoms with Gasteiger partial charge in [0.15, 0.2) is 11.5 Å². The van der Waals surface area contributed by atoms with Crippen LogP contribution < -0.4 is 20.2 Å². The molecule has 0 spiro atoms. The molecule has 1 heterocycles. The Morgan fingerprint density at radius 2 is 1.86 bits per heavy atom. The van der Waals surface area contributed by atoms with Gasteiger partial charge in [0.1, 0.15) is 11.0 Å². The summed E-state index contributed by atoms with van der Waals surface area (Å²) in [6, 6.07) is 14.6. The molecule has 0 radical (unpaired) electrons. The third kappa shape index (κ3) is 3.35. The molecule has 144 valence electrons. The second-order valence-corrected chi connectivity index (χ2v) is 7.45. The molecule has 0 bridgehead atoms. The van der Waals surface area contributed by atoms with Crippen LogP contribution in [0.25, 0.3) is 16.8 Å². The molecule has 0 atom stereocenters. The van der Waals surface area contributed by atoms with Crippen molar-refractivity contribution >= 4 is 39.8 Å². The number of benzene rings is 3. The van der Waals surface area contributed by atoms with Gasteiger partial charge in [-0.15, -0.1) is 0 Å². The molecule has 0 saturated heterocycles. The highest BCUT2D eigenvalue weighted by molar-refractivity contribution is 6.30. The Hall–Kier alpha value is -2.52. The van der Waals surface area contributed by atoms with Gasteiger partial charge in [-0.2, -0.15) is 0 Å². The lowest BCUT2D eigenvalue weighted by atomic mass is 10.1. The van der Waals surface area contributed by atoms with E-state index in [0.717, 1.165) is 64.5 Å². The zero-order valence-electron chi connectivity index (χ0n) is 16.6. The summed E-state index contributed by atoms with van der Waals surface area (Å²) in [4.78, 5) is 7.14. The Labute approximate surface area is 170 Å². The molecule has 4 heteroatoms. The second-order valence-electron chi connectivity index (χ2n) is 7.04. The van der Waals surface area contributed by atoms with Crippen LogP contribution in [-0.4, -0.2) is 13.1 Å². The van der Waals surface area contributed by atoms with Gasteiger partial charge < -0.3 is 9.64 Å². The molecule has 1 aliphatic rings. The number of rotatable bonds is 5. The minimum absolute atomic E-state index is 0.715. The summed E-state index contributed by atoms with van der Waals surface area (Å²) in [6.07, 6.45) is 4.23. The second kappa shape index (κ2) is 7.84. The molecule has 0 fully saturated rings. The number of anilines is 1. The van der Waals surface area contributed by atoms with E-state index < -0.39 is 0 Å². The number of nitrogens with zero attached hydrogens (tertiary/aromatic N) is 2. The predicted molar refractivity (Wildman–Crippen MR) is 119 cm³/mol. The number of hydrogen-bond donors (Lipinski definition) is 0. The molecule has 4 rings (SSSR count). The monoisotopic (exact) mass is 392 g/mol. The fraction of sp³-hybridized carbons (Fsp3) is 0.292. The minimum Gasteiger partial charge on any atom is -0.452 e. The Bertz CT molecular complexity index is 1150. The SMILES string of the molecule is CCC/C=c1/cc2c(cc1Cl)=Nc1ccc3cc(N(CC)CC)ccc3c1O2. The van der Waals surface area contributed by atoms with Crippen molar-refractivity contribution in [2.75, 3.05) is 18.0 Å². The van der Waals surface area contributed by atoms with Crippen molar-refractivity contribution in [1.29, 1.82) is 0 Å². The Morgan fingerprint density at radius 1 is 1.04 bits per heavy atom. The third-order valence-electron chi connectivity index (χ3n) is 5.25. The maximum absolute atomic E-state index is 6.44. The number of hydrogen-bond acceptors (Lipinski definition) is 3. The fourth-order valence-corrected chi connectivity index (χ4v) is 3.92. The average Bonchev–Trinajstić information content (AvgIpc) is 2.71. The summed E-state index contributed by atoms with van der Waals surface area (Å²) >= 11 is 6.44. The highest BCUT2D eigenvalue weighted by Crippen LogP contribution is 2.41. The van der Waals surface area contributed by atoms with Crippen LogP contribution in [0.4, 0.5) is 11.4 Å². The van der Waals surface area contributed by atoms with Crippen LogP contribution >= 0.6 is 11.6 Å². The molecule has 28 heavy (non-hydrogen) atoms. The molecular formula is C24H25ClN2O. The lowest BCUT2D eigenvalue weighted by Gasteiger charge is -2.22. The Morgan fingerprint density at radius 3 is 2.61 bits per heavy atom. The van der Waals surface area contributed by atoms with Crippen molar-refractivity contribution in [3.05, 3.63) is 58.1 Å². The van der Waals surface area contributed by atoms with E-state index >= 15 is 0 Å². The molecule has 0 aromatic heterocycles. The first kappa shape index (κ1) is 18.8. The molecule has 1 aliphatic heterocycles. The van der Waals surface area contributed by atoms with Crippen molar-refractivity contribution in [2.45, 2.75) is 33.6 Å². The Balaban J connectivity index is 1.83. The van der Waals surface area contributed by atoms with Crippen LogP contribution in [0.5, 0.6) is 11.5 Å². The fourth-order valence-electron chi connectivity index (χ4n) is 3.68. The molecule has 0 aliphatic carbocycles. The summed E-state index contributed by atoms with van der Waals surface area (Å²) < 4.78 is 6.33. The van der Waals surface area contributed by atoms with Gasteiger partial charge in [-0.25, -0.2) is 4.99 Å². The minimum atomic E-state index is 0.715. The van der Waals surface area contributed by atoms with E-state index in [1.165, 1.54) is 5.69 Å². The van der Waals surface area contributed by atoms with Crippen LogP contribution in [0.3, 0.4) is 0 Å². The topological polar surface area (TPSA) is 24.8 Å². The van der Waals surface area contributed by atoms with E-state index in [2.05, 4.69) is 56.0 Å². The molecule has 0 N–H and O–H groups in total. The number of halogens is 1. The van der Waals surface area contributed by atoms with Crippen LogP contribution in [0, 0.1) is 0 Å². The molecule has 3 aromatic rings. The normalized spacial score (nSPS) is 12.9. The van der Waals surface area contributed by atoms with Gasteiger partial charge in [-0.3, -0.25) is 0 Å². The maximum Gasteiger partial charge on any atom is 0.160 e. The number of fused-ring (bicyclic) bond motifs is 4. The molecule has 0 unspecified atom stereocenters. The van der Waals surface area contributed by atoms with Crippen molar-refractivity contribution < 1.29 is 4.74 Å². The molecule has 0 saturated carbocycles. The zero-order chi connectivity index (χ0) is 19.7. The van der Waals surface area contributed by atoms with Crippen molar-refractivity contribution in [3.8, 4) is 11.5 Å². The van der Waals surface area contributed by atoms with Gasteiger partial charge in [-0.1, -0.05) is 37.1 Å². The van der Waals surface area contributed by atoms with Crippen LogP contribution in [0.1, 0.15) is 33.6 Å². The zero-order valence-corrected chi connectivity index (χ0v) is 17.4. The number of ether oxygens (including phenoxy) is 1. The molecule has 3 aromatic carbocycles. The lowest BCUT2D eigenvalue weighted by molar-refractivity contribution is 0.475.